The topological polar surface area (TPSA) is 78.9 Å². The Morgan fingerprint density at radius 1 is 1.40 bits per heavy atom. The van der Waals surface area contributed by atoms with Crippen LogP contribution >= 0.6 is 0 Å². The van der Waals surface area contributed by atoms with E-state index in [1.165, 1.54) is 12.1 Å². The average molecular weight is 358 g/mol. The number of alkyl halides is 3. The van der Waals surface area contributed by atoms with Gasteiger partial charge in [-0.15, -0.1) is 0 Å². The van der Waals surface area contributed by atoms with Crippen LogP contribution in [0.25, 0.3) is 0 Å². The first-order chi connectivity index (χ1) is 11.7. The van der Waals surface area contributed by atoms with E-state index in [0.29, 0.717) is 5.56 Å². The van der Waals surface area contributed by atoms with Crippen LogP contribution in [0.2, 0.25) is 0 Å². The van der Waals surface area contributed by atoms with Crippen molar-refractivity contribution in [3.05, 3.63) is 40.6 Å². The van der Waals surface area contributed by atoms with Crippen molar-refractivity contribution in [3.8, 4) is 0 Å². The van der Waals surface area contributed by atoms with Crippen molar-refractivity contribution in [1.29, 1.82) is 0 Å². The monoisotopic (exact) mass is 358 g/mol. The van der Waals surface area contributed by atoms with Gasteiger partial charge >= 0.3 is 12.1 Å². The number of esters is 1. The van der Waals surface area contributed by atoms with Crippen LogP contribution in [-0.4, -0.2) is 48.7 Å². The molecule has 0 saturated heterocycles. The van der Waals surface area contributed by atoms with Gasteiger partial charge in [0.15, 0.2) is 0 Å². The van der Waals surface area contributed by atoms with E-state index in [9.17, 15) is 22.8 Å². The van der Waals surface area contributed by atoms with Gasteiger partial charge in [-0.05, 0) is 24.6 Å². The van der Waals surface area contributed by atoms with Crippen LogP contribution in [0, 0.1) is 6.92 Å². The summed E-state index contributed by atoms with van der Waals surface area (Å²) >= 11 is 0. The number of β-amino-alcohol motifs (C(OH)–C–C–N with tert-alkyl or cyclic N) is 1. The number of aliphatic hydroxyl groups excluding tert-OH is 1. The Balaban J connectivity index is 2.47. The molecule has 2 rings (SSSR count). The van der Waals surface area contributed by atoms with Crippen molar-refractivity contribution in [2.75, 3.05) is 32.1 Å². The lowest BCUT2D eigenvalue weighted by Gasteiger charge is -2.17. The molecule has 0 aliphatic carbocycles. The van der Waals surface area contributed by atoms with Gasteiger partial charge in [0, 0.05) is 6.54 Å². The molecule has 25 heavy (non-hydrogen) atoms. The number of benzene rings is 1. The average Bonchev–Trinajstić information content (AvgIpc) is 2.83. The zero-order chi connectivity index (χ0) is 18.8. The molecule has 0 fully saturated rings. The highest BCUT2D eigenvalue weighted by molar-refractivity contribution is 6.08. The van der Waals surface area contributed by atoms with Gasteiger partial charge in [0.25, 0.3) is 5.91 Å². The summed E-state index contributed by atoms with van der Waals surface area (Å²) in [5.41, 5.74) is -1.10. The molecule has 136 valence electrons. The van der Waals surface area contributed by atoms with E-state index < -0.39 is 23.6 Å². The predicted octanol–water partition coefficient (Wildman–Crippen LogP) is 1.69. The molecule has 0 saturated carbocycles. The molecule has 0 bridgehead atoms. The zero-order valence-corrected chi connectivity index (χ0v) is 13.6. The van der Waals surface area contributed by atoms with Gasteiger partial charge in [-0.1, -0.05) is 6.07 Å². The van der Waals surface area contributed by atoms with Crippen LogP contribution in [0.3, 0.4) is 0 Å². The number of aryl methyl sites for hydroxylation is 1. The maximum Gasteiger partial charge on any atom is 0.418 e. The predicted molar refractivity (Wildman–Crippen MR) is 82.5 cm³/mol. The van der Waals surface area contributed by atoms with E-state index in [-0.39, 0.29) is 36.7 Å². The number of rotatable bonds is 5. The van der Waals surface area contributed by atoms with Gasteiger partial charge < -0.3 is 20.1 Å². The molecule has 1 aliphatic heterocycles. The molecule has 0 radical (unpaired) electrons. The van der Waals surface area contributed by atoms with Gasteiger partial charge in [-0.2, -0.15) is 13.2 Å². The Kier molecular flexibility index (Phi) is 5.36. The van der Waals surface area contributed by atoms with Crippen LogP contribution in [0.15, 0.2) is 29.5 Å². The zero-order valence-electron chi connectivity index (χ0n) is 13.6. The molecule has 6 nitrogen and oxygen atoms in total. The first-order valence-electron chi connectivity index (χ1n) is 7.35. The molecular weight excluding hydrogens is 341 g/mol. The number of carbonyl (C=O) groups excluding carboxylic acids is 2. The molecule has 1 aliphatic rings. The lowest BCUT2D eigenvalue weighted by Crippen LogP contribution is -2.31. The molecule has 9 heteroatoms. The number of carbonyl (C=O) groups is 2. The second kappa shape index (κ2) is 7.14. The molecular formula is C16H17F3N2O4. The highest BCUT2D eigenvalue weighted by Gasteiger charge is 2.37. The van der Waals surface area contributed by atoms with Crippen molar-refractivity contribution in [3.63, 3.8) is 0 Å². The number of ether oxygens (including phenoxy) is 1. The summed E-state index contributed by atoms with van der Waals surface area (Å²) in [6.45, 7) is 1.06. The maximum absolute atomic E-state index is 13.2. The third-order valence-corrected chi connectivity index (χ3v) is 3.69. The fraction of sp³-hybridized carbons (Fsp3) is 0.375. The summed E-state index contributed by atoms with van der Waals surface area (Å²) < 4.78 is 44.2. The third-order valence-electron chi connectivity index (χ3n) is 3.69. The van der Waals surface area contributed by atoms with Crippen molar-refractivity contribution in [1.82, 2.24) is 4.90 Å². The summed E-state index contributed by atoms with van der Waals surface area (Å²) in [7, 11) is 1.11. The number of nitrogens with one attached hydrogen (secondary N) is 1. The molecule has 1 heterocycles. The molecule has 0 aromatic heterocycles. The number of nitrogens with zero attached hydrogens (tertiary/aromatic N) is 1. The van der Waals surface area contributed by atoms with E-state index in [1.54, 1.807) is 6.92 Å². The van der Waals surface area contributed by atoms with Crippen LogP contribution in [0.5, 0.6) is 0 Å². The van der Waals surface area contributed by atoms with Crippen molar-refractivity contribution >= 4 is 17.6 Å². The number of aliphatic hydroxyl groups is 1. The molecule has 0 atom stereocenters. The quantitative estimate of drug-likeness (QED) is 0.783. The van der Waals surface area contributed by atoms with E-state index in [4.69, 9.17) is 5.11 Å². The summed E-state index contributed by atoms with van der Waals surface area (Å²) in [6.07, 6.45) is -4.63. The lowest BCUT2D eigenvalue weighted by atomic mass is 10.1. The fourth-order valence-corrected chi connectivity index (χ4v) is 2.49. The largest absolute Gasteiger partial charge is 0.466 e. The second-order valence-corrected chi connectivity index (χ2v) is 5.47. The first kappa shape index (κ1) is 18.8. The van der Waals surface area contributed by atoms with Gasteiger partial charge in [0.05, 0.1) is 37.1 Å². The van der Waals surface area contributed by atoms with Crippen LogP contribution in [0.4, 0.5) is 18.9 Å². The van der Waals surface area contributed by atoms with Crippen molar-refractivity contribution in [2.24, 2.45) is 0 Å². The summed E-state index contributed by atoms with van der Waals surface area (Å²) in [4.78, 5) is 25.4. The molecule has 1 aromatic carbocycles. The van der Waals surface area contributed by atoms with Gasteiger partial charge in [-0.25, -0.2) is 4.79 Å². The lowest BCUT2D eigenvalue weighted by molar-refractivity contribution is -0.137. The summed E-state index contributed by atoms with van der Waals surface area (Å²) in [6, 6.07) is 3.45. The van der Waals surface area contributed by atoms with Crippen LogP contribution < -0.4 is 5.32 Å². The van der Waals surface area contributed by atoms with Gasteiger partial charge in [0.1, 0.15) is 5.70 Å². The number of methoxy groups -OCH3 is 1. The summed E-state index contributed by atoms with van der Waals surface area (Å²) in [5, 5.41) is 11.4. The normalized spacial score (nSPS) is 15.0. The molecule has 0 spiro atoms. The Morgan fingerprint density at radius 3 is 2.64 bits per heavy atom. The fourth-order valence-electron chi connectivity index (χ4n) is 2.49. The SMILES string of the molecule is COC(=O)C1=C(Nc2cc(C)ccc2C(F)(F)F)C(=O)N(CCO)C1. The minimum atomic E-state index is -4.63. The minimum absolute atomic E-state index is 0.0511. The van der Waals surface area contributed by atoms with Gasteiger partial charge in [-0.3, -0.25) is 4.79 Å². The van der Waals surface area contributed by atoms with Crippen LogP contribution in [0.1, 0.15) is 11.1 Å². The number of hydrogen-bond donors (Lipinski definition) is 2. The number of amides is 1. The molecule has 2 N–H and O–H groups in total. The number of halogens is 3. The number of hydrogen-bond acceptors (Lipinski definition) is 5. The molecule has 1 aromatic rings. The molecule has 0 unspecified atom stereocenters. The van der Waals surface area contributed by atoms with Gasteiger partial charge in [0.2, 0.25) is 0 Å². The smallest absolute Gasteiger partial charge is 0.418 e. The highest BCUT2D eigenvalue weighted by Crippen LogP contribution is 2.36. The summed E-state index contributed by atoms with van der Waals surface area (Å²) in [5.74, 6) is -1.50. The molecule has 1 amide bonds. The third kappa shape index (κ3) is 3.93. The Labute approximate surface area is 141 Å². The maximum atomic E-state index is 13.2. The first-order valence-corrected chi connectivity index (χ1v) is 7.35. The van der Waals surface area contributed by atoms with Crippen molar-refractivity contribution in [2.45, 2.75) is 13.1 Å². The van der Waals surface area contributed by atoms with Crippen LogP contribution in [-0.2, 0) is 20.5 Å². The van der Waals surface area contributed by atoms with E-state index in [1.807, 2.05) is 0 Å². The Bertz CT molecular complexity index is 729. The highest BCUT2D eigenvalue weighted by atomic mass is 19.4. The standard InChI is InChI=1S/C16H17F3N2O4/c1-9-3-4-11(16(17,18)19)12(7-9)20-13-10(15(24)25-2)8-21(5-6-22)14(13)23/h3-4,7,20,22H,5-6,8H2,1-2H3. The second-order valence-electron chi connectivity index (χ2n) is 5.47. The van der Waals surface area contributed by atoms with Crippen molar-refractivity contribution < 1.29 is 32.6 Å². The Morgan fingerprint density at radius 2 is 2.08 bits per heavy atom. The Hall–Kier alpha value is -2.55. The minimum Gasteiger partial charge on any atom is -0.466 e. The number of anilines is 1. The van der Waals surface area contributed by atoms with E-state index >= 15 is 0 Å². The van der Waals surface area contributed by atoms with E-state index in [2.05, 4.69) is 10.1 Å². The van der Waals surface area contributed by atoms with E-state index in [0.717, 1.165) is 18.1 Å².